The summed E-state index contributed by atoms with van der Waals surface area (Å²) in [5.41, 5.74) is 5.03. The highest BCUT2D eigenvalue weighted by Gasteiger charge is 2.24. The number of nitrogens with two attached hydrogens (primary N) is 1. The fourth-order valence-corrected chi connectivity index (χ4v) is 1.81. The summed E-state index contributed by atoms with van der Waals surface area (Å²) < 4.78 is 0. The maximum atomic E-state index is 12.1. The second-order valence-corrected chi connectivity index (χ2v) is 4.17. The van der Waals surface area contributed by atoms with Gasteiger partial charge in [0.1, 0.15) is 17.1 Å². The second kappa shape index (κ2) is 5.39. The zero-order chi connectivity index (χ0) is 14.7. The molecule has 4 N–H and O–H groups in total. The van der Waals surface area contributed by atoms with Crippen molar-refractivity contribution in [3.8, 4) is 0 Å². The minimum Gasteiger partial charge on any atom is -0.393 e. The minimum atomic E-state index is -0.665. The highest BCUT2D eigenvalue weighted by atomic mass is 16.6. The Morgan fingerprint density at radius 2 is 2.30 bits per heavy atom. The molecule has 0 spiro atoms. The van der Waals surface area contributed by atoms with E-state index < -0.39 is 22.6 Å². The zero-order valence-electron chi connectivity index (χ0n) is 10.7. The summed E-state index contributed by atoms with van der Waals surface area (Å²) in [6.45, 7) is 1.72. The topological polar surface area (TPSA) is 127 Å². The first-order valence-electron chi connectivity index (χ1n) is 5.83. The van der Waals surface area contributed by atoms with Gasteiger partial charge in [-0.3, -0.25) is 14.9 Å². The van der Waals surface area contributed by atoms with Crippen molar-refractivity contribution < 1.29 is 9.72 Å². The summed E-state index contributed by atoms with van der Waals surface area (Å²) in [6.07, 6.45) is 3.18. The Labute approximate surface area is 114 Å². The summed E-state index contributed by atoms with van der Waals surface area (Å²) in [7, 11) is 0. The largest absolute Gasteiger partial charge is 0.393 e. The highest BCUT2D eigenvalue weighted by Crippen LogP contribution is 2.26. The second-order valence-electron chi connectivity index (χ2n) is 4.17. The van der Waals surface area contributed by atoms with Gasteiger partial charge in [-0.25, -0.2) is 4.98 Å². The van der Waals surface area contributed by atoms with Crippen molar-refractivity contribution in [3.63, 3.8) is 0 Å². The lowest BCUT2D eigenvalue weighted by atomic mass is 10.1. The van der Waals surface area contributed by atoms with Crippen LogP contribution < -0.4 is 11.1 Å². The van der Waals surface area contributed by atoms with Gasteiger partial charge >= 0.3 is 5.69 Å². The number of para-hydroxylation sites is 1. The molecule has 0 aliphatic rings. The van der Waals surface area contributed by atoms with Crippen molar-refractivity contribution in [1.82, 2.24) is 15.3 Å². The highest BCUT2D eigenvalue weighted by molar-refractivity contribution is 6.00. The smallest absolute Gasteiger partial charge is 0.304 e. The summed E-state index contributed by atoms with van der Waals surface area (Å²) >= 11 is 0. The predicted octanol–water partition coefficient (Wildman–Crippen LogP) is 1.39. The van der Waals surface area contributed by atoms with Crippen LogP contribution in [-0.2, 0) is 0 Å². The molecule has 1 aromatic heterocycles. The molecule has 2 rings (SSSR count). The van der Waals surface area contributed by atoms with Gasteiger partial charge in [0.05, 0.1) is 11.0 Å². The standard InChI is InChI=1S/C12H13N5O3/c1-7(11-14-5-6-15-11)16-12(18)8-3-2-4-9(13)10(8)17(19)20/h2-7H,13H2,1H3,(H,14,15)(H,16,18). The number of H-pyrrole nitrogens is 1. The van der Waals surface area contributed by atoms with E-state index in [2.05, 4.69) is 15.3 Å². The third kappa shape index (κ3) is 2.58. The fraction of sp³-hybridized carbons (Fsp3) is 0.167. The molecule has 2 aromatic rings. The number of aromatic amines is 1. The molecule has 0 saturated heterocycles. The number of nitrogen functional groups attached to an aromatic ring is 1. The van der Waals surface area contributed by atoms with Crippen LogP contribution in [0.15, 0.2) is 30.6 Å². The molecule has 0 fully saturated rings. The molecule has 1 aromatic carbocycles. The van der Waals surface area contributed by atoms with E-state index in [0.29, 0.717) is 5.82 Å². The Bertz CT molecular complexity index is 639. The van der Waals surface area contributed by atoms with Crippen molar-refractivity contribution >= 4 is 17.3 Å². The molecular formula is C12H13N5O3. The molecule has 20 heavy (non-hydrogen) atoms. The van der Waals surface area contributed by atoms with E-state index in [1.54, 1.807) is 19.3 Å². The van der Waals surface area contributed by atoms with Crippen LogP contribution in [0.5, 0.6) is 0 Å². The molecule has 0 radical (unpaired) electrons. The van der Waals surface area contributed by atoms with Crippen molar-refractivity contribution in [2.45, 2.75) is 13.0 Å². The lowest BCUT2D eigenvalue weighted by Gasteiger charge is -2.12. The Hall–Kier alpha value is -2.90. The number of nitro benzene ring substituents is 1. The third-order valence-electron chi connectivity index (χ3n) is 2.77. The van der Waals surface area contributed by atoms with E-state index in [1.807, 2.05) is 0 Å². The third-order valence-corrected chi connectivity index (χ3v) is 2.77. The number of nitro groups is 1. The molecule has 8 heteroatoms. The van der Waals surface area contributed by atoms with E-state index in [0.717, 1.165) is 0 Å². The van der Waals surface area contributed by atoms with Gasteiger partial charge < -0.3 is 16.0 Å². The summed E-state index contributed by atoms with van der Waals surface area (Å²) in [5, 5.41) is 13.6. The molecule has 1 atom stereocenters. The van der Waals surface area contributed by atoms with Gasteiger partial charge in [-0.2, -0.15) is 0 Å². The molecule has 8 nitrogen and oxygen atoms in total. The minimum absolute atomic E-state index is 0.0479. The van der Waals surface area contributed by atoms with Crippen molar-refractivity contribution in [2.75, 3.05) is 5.73 Å². The van der Waals surface area contributed by atoms with Crippen molar-refractivity contribution in [3.05, 3.63) is 52.1 Å². The fourth-order valence-electron chi connectivity index (χ4n) is 1.81. The van der Waals surface area contributed by atoms with Gasteiger partial charge in [0.2, 0.25) is 0 Å². The van der Waals surface area contributed by atoms with Crippen LogP contribution in [-0.4, -0.2) is 20.8 Å². The van der Waals surface area contributed by atoms with Gasteiger partial charge in [-0.05, 0) is 19.1 Å². The lowest BCUT2D eigenvalue weighted by Crippen LogP contribution is -2.28. The van der Waals surface area contributed by atoms with E-state index >= 15 is 0 Å². The first-order valence-corrected chi connectivity index (χ1v) is 5.83. The van der Waals surface area contributed by atoms with E-state index in [1.165, 1.54) is 18.2 Å². The van der Waals surface area contributed by atoms with Gasteiger partial charge in [0.25, 0.3) is 5.91 Å². The van der Waals surface area contributed by atoms with Gasteiger partial charge in [-0.1, -0.05) is 6.07 Å². The number of imidazole rings is 1. The average molecular weight is 275 g/mol. The SMILES string of the molecule is CC(NC(=O)c1cccc(N)c1[N+](=O)[O-])c1ncc[nH]1. The van der Waals surface area contributed by atoms with Gasteiger partial charge in [0.15, 0.2) is 0 Å². The van der Waals surface area contributed by atoms with Crippen LogP contribution in [0.4, 0.5) is 11.4 Å². The molecule has 1 amide bonds. The first-order chi connectivity index (χ1) is 9.50. The van der Waals surface area contributed by atoms with E-state index in [4.69, 9.17) is 5.73 Å². The quantitative estimate of drug-likeness (QED) is 0.441. The molecule has 104 valence electrons. The number of carbonyl (C=O) groups excluding carboxylic acids is 1. The number of hydrogen-bond donors (Lipinski definition) is 3. The molecule has 1 heterocycles. The van der Waals surface area contributed by atoms with Crippen LogP contribution in [0.1, 0.15) is 29.1 Å². The first kappa shape index (κ1) is 13.5. The Balaban J connectivity index is 2.26. The molecule has 0 bridgehead atoms. The van der Waals surface area contributed by atoms with Crippen LogP contribution >= 0.6 is 0 Å². The number of nitrogens with one attached hydrogen (secondary N) is 2. The summed E-state index contributed by atoms with van der Waals surface area (Å²) in [6, 6.07) is 3.83. The number of rotatable bonds is 4. The van der Waals surface area contributed by atoms with Crippen molar-refractivity contribution in [1.29, 1.82) is 0 Å². The number of aromatic nitrogens is 2. The number of hydrogen-bond acceptors (Lipinski definition) is 5. The number of nitrogens with zero attached hydrogens (tertiary/aromatic N) is 2. The van der Waals surface area contributed by atoms with Crippen LogP contribution in [0.25, 0.3) is 0 Å². The summed E-state index contributed by atoms with van der Waals surface area (Å²) in [4.78, 5) is 29.3. The maximum Gasteiger partial charge on any atom is 0.304 e. The molecular weight excluding hydrogens is 262 g/mol. The Kier molecular flexibility index (Phi) is 3.65. The summed E-state index contributed by atoms with van der Waals surface area (Å²) in [5.74, 6) is -0.0159. The van der Waals surface area contributed by atoms with Crippen LogP contribution in [0.2, 0.25) is 0 Å². The zero-order valence-corrected chi connectivity index (χ0v) is 10.7. The monoisotopic (exact) mass is 275 g/mol. The number of amides is 1. The maximum absolute atomic E-state index is 12.1. The number of anilines is 1. The molecule has 1 unspecified atom stereocenters. The number of carbonyl (C=O) groups is 1. The average Bonchev–Trinajstić information content (AvgIpc) is 2.91. The normalized spacial score (nSPS) is 11.8. The Morgan fingerprint density at radius 3 is 2.90 bits per heavy atom. The molecule has 0 saturated carbocycles. The lowest BCUT2D eigenvalue weighted by molar-refractivity contribution is -0.384. The van der Waals surface area contributed by atoms with Crippen LogP contribution in [0.3, 0.4) is 0 Å². The molecule has 0 aliphatic carbocycles. The van der Waals surface area contributed by atoms with Gasteiger partial charge in [-0.15, -0.1) is 0 Å². The van der Waals surface area contributed by atoms with Crippen molar-refractivity contribution in [2.24, 2.45) is 0 Å². The predicted molar refractivity (Wildman–Crippen MR) is 72.0 cm³/mol. The van der Waals surface area contributed by atoms with Gasteiger partial charge in [0, 0.05) is 12.4 Å². The van der Waals surface area contributed by atoms with E-state index in [9.17, 15) is 14.9 Å². The number of benzene rings is 1. The van der Waals surface area contributed by atoms with E-state index in [-0.39, 0.29) is 11.3 Å². The molecule has 0 aliphatic heterocycles. The Morgan fingerprint density at radius 1 is 1.55 bits per heavy atom. The van der Waals surface area contributed by atoms with Crippen LogP contribution in [0, 0.1) is 10.1 Å².